The molecule has 1 fully saturated rings. The van der Waals surface area contributed by atoms with E-state index in [-0.39, 0.29) is 11.3 Å². The van der Waals surface area contributed by atoms with Crippen molar-refractivity contribution in [3.8, 4) is 11.1 Å². The molecule has 0 saturated carbocycles. The first kappa shape index (κ1) is 24.8. The molecule has 4 rings (SSSR count). The Balaban J connectivity index is 1.52. The summed E-state index contributed by atoms with van der Waals surface area (Å²) in [5, 5.41) is 5.02. The quantitative estimate of drug-likeness (QED) is 0.473. The lowest BCUT2D eigenvalue weighted by Gasteiger charge is -2.34. The number of benzene rings is 3. The van der Waals surface area contributed by atoms with Crippen LogP contribution in [0.3, 0.4) is 0 Å². The number of carbonyl (C=O) groups excluding carboxylic acids is 3. The number of carbonyl (C=O) groups is 3. The molecule has 0 radical (unpaired) electrons. The molecule has 1 unspecified atom stereocenters. The number of primary amides is 1. The molecule has 3 aromatic rings. The van der Waals surface area contributed by atoms with Gasteiger partial charge in [0.2, 0.25) is 5.91 Å². The van der Waals surface area contributed by atoms with Gasteiger partial charge in [0, 0.05) is 12.2 Å². The molecule has 1 atom stereocenters. The van der Waals surface area contributed by atoms with Crippen LogP contribution in [-0.2, 0) is 11.0 Å². The van der Waals surface area contributed by atoms with Crippen molar-refractivity contribution in [3.63, 3.8) is 0 Å². The minimum Gasteiger partial charge on any atom is -0.366 e. The second kappa shape index (κ2) is 10.1. The number of hydrogen-bond donors (Lipinski definition) is 3. The van der Waals surface area contributed by atoms with E-state index in [0.29, 0.717) is 30.6 Å². The highest BCUT2D eigenvalue weighted by Crippen LogP contribution is 2.33. The maximum absolute atomic E-state index is 13.3. The Morgan fingerprint density at radius 3 is 2.28 bits per heavy atom. The van der Waals surface area contributed by atoms with Crippen LogP contribution in [0.25, 0.3) is 11.1 Å². The van der Waals surface area contributed by atoms with E-state index >= 15 is 0 Å². The second-order valence-electron chi connectivity index (χ2n) is 8.29. The fourth-order valence-electron chi connectivity index (χ4n) is 4.20. The Bertz CT molecular complexity index is 1280. The van der Waals surface area contributed by atoms with E-state index in [2.05, 4.69) is 10.6 Å². The standard InChI is InChI=1S/C26H23F3N4O3/c27-26(28,29)17-11-13-18(14-12-17)31-25(36)32-20-9-5-15-33(24(20)35)21-10-4-8-19(22(21)23(30)34)16-6-2-1-3-7-16/h1-4,6-8,10-14,20H,5,9,15H2,(H2,30,34)(H2,31,32,36). The van der Waals surface area contributed by atoms with E-state index in [1.807, 2.05) is 30.3 Å². The largest absolute Gasteiger partial charge is 0.416 e. The van der Waals surface area contributed by atoms with E-state index in [1.165, 1.54) is 4.90 Å². The highest BCUT2D eigenvalue weighted by Gasteiger charge is 2.33. The summed E-state index contributed by atoms with van der Waals surface area (Å²) < 4.78 is 38.2. The number of nitrogens with two attached hydrogens (primary N) is 1. The van der Waals surface area contributed by atoms with Crippen LogP contribution in [0.4, 0.5) is 29.3 Å². The number of piperidine rings is 1. The molecule has 0 spiro atoms. The average Bonchev–Trinajstić information content (AvgIpc) is 2.85. The average molecular weight is 496 g/mol. The van der Waals surface area contributed by atoms with Crippen LogP contribution >= 0.6 is 0 Å². The third kappa shape index (κ3) is 5.32. The van der Waals surface area contributed by atoms with Gasteiger partial charge in [0.15, 0.2) is 0 Å². The minimum atomic E-state index is -4.49. The van der Waals surface area contributed by atoms with E-state index in [0.717, 1.165) is 29.8 Å². The molecule has 0 aromatic heterocycles. The number of hydrogen-bond acceptors (Lipinski definition) is 3. The number of anilines is 2. The van der Waals surface area contributed by atoms with Crippen LogP contribution in [0.15, 0.2) is 72.8 Å². The van der Waals surface area contributed by atoms with Gasteiger partial charge in [-0.25, -0.2) is 4.79 Å². The van der Waals surface area contributed by atoms with Gasteiger partial charge in [0.05, 0.1) is 16.8 Å². The molecule has 7 nitrogen and oxygen atoms in total. The maximum Gasteiger partial charge on any atom is 0.416 e. The zero-order valence-corrected chi connectivity index (χ0v) is 19.0. The first-order chi connectivity index (χ1) is 17.1. The zero-order valence-electron chi connectivity index (χ0n) is 19.0. The van der Waals surface area contributed by atoms with Crippen molar-refractivity contribution in [3.05, 3.63) is 83.9 Å². The Morgan fingerprint density at radius 1 is 0.944 bits per heavy atom. The summed E-state index contributed by atoms with van der Waals surface area (Å²) >= 11 is 0. The van der Waals surface area contributed by atoms with Gasteiger partial charge < -0.3 is 21.3 Å². The summed E-state index contributed by atoms with van der Waals surface area (Å²) in [6.45, 7) is 0.329. The number of nitrogens with zero attached hydrogens (tertiary/aromatic N) is 1. The molecular formula is C26H23F3N4O3. The highest BCUT2D eigenvalue weighted by atomic mass is 19.4. The number of nitrogens with one attached hydrogen (secondary N) is 2. The molecule has 1 heterocycles. The summed E-state index contributed by atoms with van der Waals surface area (Å²) in [4.78, 5) is 39.7. The summed E-state index contributed by atoms with van der Waals surface area (Å²) in [5.41, 5.74) is 6.93. The molecule has 36 heavy (non-hydrogen) atoms. The fraction of sp³-hybridized carbons (Fsp3) is 0.192. The number of amides is 4. The predicted octanol–water partition coefficient (Wildman–Crippen LogP) is 4.79. The van der Waals surface area contributed by atoms with Crippen molar-refractivity contribution >= 4 is 29.2 Å². The Labute approximate surface area is 205 Å². The van der Waals surface area contributed by atoms with Crippen LogP contribution in [0.2, 0.25) is 0 Å². The number of alkyl halides is 3. The maximum atomic E-state index is 13.3. The van der Waals surface area contributed by atoms with E-state index in [1.54, 1.807) is 18.2 Å². The third-order valence-electron chi connectivity index (χ3n) is 5.88. The molecule has 10 heteroatoms. The van der Waals surface area contributed by atoms with Gasteiger partial charge >= 0.3 is 12.2 Å². The van der Waals surface area contributed by atoms with E-state index < -0.39 is 35.6 Å². The van der Waals surface area contributed by atoms with Gasteiger partial charge in [-0.2, -0.15) is 13.2 Å². The monoisotopic (exact) mass is 496 g/mol. The molecule has 1 aliphatic heterocycles. The number of rotatable bonds is 5. The van der Waals surface area contributed by atoms with Crippen molar-refractivity contribution in [1.82, 2.24) is 5.32 Å². The molecular weight excluding hydrogens is 473 g/mol. The molecule has 3 aromatic carbocycles. The van der Waals surface area contributed by atoms with Crippen molar-refractivity contribution in [2.75, 3.05) is 16.8 Å². The van der Waals surface area contributed by atoms with Crippen molar-refractivity contribution in [2.45, 2.75) is 25.1 Å². The Hall–Kier alpha value is -4.34. The van der Waals surface area contributed by atoms with Crippen LogP contribution in [0.1, 0.15) is 28.8 Å². The number of halogens is 3. The normalized spacial score (nSPS) is 15.9. The lowest BCUT2D eigenvalue weighted by molar-refractivity contribution is -0.137. The van der Waals surface area contributed by atoms with Crippen LogP contribution in [0.5, 0.6) is 0 Å². The molecule has 4 amide bonds. The summed E-state index contributed by atoms with van der Waals surface area (Å²) in [5.74, 6) is -1.11. The van der Waals surface area contributed by atoms with Crippen LogP contribution < -0.4 is 21.3 Å². The summed E-state index contributed by atoms with van der Waals surface area (Å²) in [7, 11) is 0. The molecule has 1 aliphatic rings. The predicted molar refractivity (Wildman–Crippen MR) is 129 cm³/mol. The van der Waals surface area contributed by atoms with Gasteiger partial charge in [0.1, 0.15) is 6.04 Å². The van der Waals surface area contributed by atoms with Gasteiger partial charge in [-0.05, 0) is 54.3 Å². The van der Waals surface area contributed by atoms with Crippen molar-refractivity contribution in [1.29, 1.82) is 0 Å². The second-order valence-corrected chi connectivity index (χ2v) is 8.29. The SMILES string of the molecule is NC(=O)c1c(-c2ccccc2)cccc1N1CCCC(NC(=O)Nc2ccc(C(F)(F)F)cc2)C1=O. The summed E-state index contributed by atoms with van der Waals surface area (Å²) in [6, 6.07) is 16.6. The lowest BCUT2D eigenvalue weighted by atomic mass is 9.95. The van der Waals surface area contributed by atoms with Gasteiger partial charge in [-0.1, -0.05) is 42.5 Å². The Kier molecular flexibility index (Phi) is 6.96. The van der Waals surface area contributed by atoms with Crippen molar-refractivity contribution in [2.24, 2.45) is 5.73 Å². The lowest BCUT2D eigenvalue weighted by Crippen LogP contribution is -2.53. The Morgan fingerprint density at radius 2 is 1.64 bits per heavy atom. The van der Waals surface area contributed by atoms with Gasteiger partial charge in [0.25, 0.3) is 5.91 Å². The van der Waals surface area contributed by atoms with E-state index in [9.17, 15) is 27.6 Å². The van der Waals surface area contributed by atoms with Gasteiger partial charge in [-0.3, -0.25) is 9.59 Å². The first-order valence-corrected chi connectivity index (χ1v) is 11.2. The first-order valence-electron chi connectivity index (χ1n) is 11.2. The third-order valence-corrected chi connectivity index (χ3v) is 5.88. The molecule has 186 valence electrons. The summed E-state index contributed by atoms with van der Waals surface area (Å²) in [6.07, 6.45) is -3.58. The molecule has 4 N–H and O–H groups in total. The number of urea groups is 1. The fourth-order valence-corrected chi connectivity index (χ4v) is 4.20. The molecule has 1 saturated heterocycles. The topological polar surface area (TPSA) is 105 Å². The van der Waals surface area contributed by atoms with Crippen molar-refractivity contribution < 1.29 is 27.6 Å². The van der Waals surface area contributed by atoms with E-state index in [4.69, 9.17) is 5.73 Å². The zero-order chi connectivity index (χ0) is 25.9. The van der Waals surface area contributed by atoms with Crippen LogP contribution in [0, 0.1) is 0 Å². The minimum absolute atomic E-state index is 0.146. The van der Waals surface area contributed by atoms with Gasteiger partial charge in [-0.15, -0.1) is 0 Å². The molecule has 0 bridgehead atoms. The van der Waals surface area contributed by atoms with Crippen LogP contribution in [-0.4, -0.2) is 30.4 Å². The molecule has 0 aliphatic carbocycles. The highest BCUT2D eigenvalue weighted by molar-refractivity contribution is 6.10. The smallest absolute Gasteiger partial charge is 0.366 e.